The van der Waals surface area contributed by atoms with Gasteiger partial charge in [-0.2, -0.15) is 8.78 Å². The molecule has 1 aliphatic rings. The van der Waals surface area contributed by atoms with E-state index in [0.29, 0.717) is 52.1 Å². The lowest BCUT2D eigenvalue weighted by Crippen LogP contribution is -1.98. The van der Waals surface area contributed by atoms with Crippen LogP contribution in [0.3, 0.4) is 0 Å². The van der Waals surface area contributed by atoms with Gasteiger partial charge in [-0.25, -0.2) is 4.39 Å². The van der Waals surface area contributed by atoms with E-state index in [4.69, 9.17) is 16.3 Å². The lowest BCUT2D eigenvalue weighted by molar-refractivity contribution is 0.177. The van der Waals surface area contributed by atoms with Gasteiger partial charge in [0.15, 0.2) is 0 Å². The second kappa shape index (κ2) is 6.63. The largest absolute Gasteiger partial charge is 0.457 e. The van der Waals surface area contributed by atoms with Gasteiger partial charge in [0.05, 0.1) is 11.1 Å². The van der Waals surface area contributed by atoms with Crippen molar-refractivity contribution in [2.24, 2.45) is 0 Å². The van der Waals surface area contributed by atoms with E-state index in [1.54, 1.807) is 6.07 Å². The van der Waals surface area contributed by atoms with Gasteiger partial charge in [0.1, 0.15) is 17.3 Å². The normalized spacial score (nSPS) is 16.7. The highest BCUT2D eigenvalue weighted by atomic mass is 35.5. The van der Waals surface area contributed by atoms with Gasteiger partial charge in [-0.1, -0.05) is 23.4 Å². The molecule has 0 amide bonds. The van der Waals surface area contributed by atoms with Gasteiger partial charge in [0, 0.05) is 22.1 Å². The molecular weight excluding hydrogens is 349 g/mol. The first kappa shape index (κ1) is 16.5. The van der Waals surface area contributed by atoms with Crippen molar-refractivity contribution in [2.45, 2.75) is 29.6 Å². The monoisotopic (exact) mass is 360 g/mol. The molecule has 2 nitrogen and oxygen atoms in total. The zero-order chi connectivity index (χ0) is 16.6. The van der Waals surface area contributed by atoms with E-state index >= 15 is 0 Å². The quantitative estimate of drug-likeness (QED) is 0.723. The molecule has 0 bridgehead atoms. The number of rotatable bonds is 4. The van der Waals surface area contributed by atoms with E-state index in [2.05, 4.69) is 0 Å². The van der Waals surface area contributed by atoms with E-state index in [1.165, 1.54) is 24.3 Å². The standard InChI is InChI=1S/C16H12ClF3O2S/c17-10-7-8(1-3-11(10)18)22-13-5-6-14(23-16(19)20)15-9(13)2-4-12(15)21/h1,3,5-7,12,16,21H,2,4H2. The van der Waals surface area contributed by atoms with E-state index in [1.807, 2.05) is 0 Å². The van der Waals surface area contributed by atoms with Crippen LogP contribution in [0.15, 0.2) is 35.2 Å². The smallest absolute Gasteiger partial charge is 0.288 e. The number of aliphatic hydroxyl groups is 1. The average molecular weight is 361 g/mol. The molecule has 1 atom stereocenters. The molecule has 0 heterocycles. The molecule has 0 spiro atoms. The number of benzene rings is 2. The topological polar surface area (TPSA) is 29.5 Å². The zero-order valence-corrected chi connectivity index (χ0v) is 13.3. The van der Waals surface area contributed by atoms with Crippen LogP contribution in [0, 0.1) is 5.82 Å². The fourth-order valence-corrected chi connectivity index (χ4v) is 3.53. The van der Waals surface area contributed by atoms with Gasteiger partial charge in [-0.15, -0.1) is 0 Å². The lowest BCUT2D eigenvalue weighted by Gasteiger charge is -2.15. The number of halogens is 4. The van der Waals surface area contributed by atoms with E-state index in [9.17, 15) is 18.3 Å². The van der Waals surface area contributed by atoms with Gasteiger partial charge in [-0.05, 0) is 37.1 Å². The molecule has 0 aliphatic heterocycles. The third kappa shape index (κ3) is 3.44. The molecule has 0 fully saturated rings. The Hall–Kier alpha value is -1.37. The van der Waals surface area contributed by atoms with Crippen LogP contribution < -0.4 is 4.74 Å². The minimum Gasteiger partial charge on any atom is -0.457 e. The summed E-state index contributed by atoms with van der Waals surface area (Å²) in [5, 5.41) is 10.00. The molecule has 0 saturated carbocycles. The Kier molecular flexibility index (Phi) is 4.75. The maximum absolute atomic E-state index is 13.2. The van der Waals surface area contributed by atoms with Crippen molar-refractivity contribution in [3.63, 3.8) is 0 Å². The first-order valence-corrected chi connectivity index (χ1v) is 8.13. The molecule has 1 unspecified atom stereocenters. The Morgan fingerprint density at radius 3 is 2.74 bits per heavy atom. The molecule has 23 heavy (non-hydrogen) atoms. The van der Waals surface area contributed by atoms with Crippen molar-refractivity contribution < 1.29 is 23.0 Å². The van der Waals surface area contributed by atoms with Gasteiger partial charge < -0.3 is 9.84 Å². The Morgan fingerprint density at radius 1 is 1.26 bits per heavy atom. The van der Waals surface area contributed by atoms with Crippen LogP contribution in [0.5, 0.6) is 11.5 Å². The summed E-state index contributed by atoms with van der Waals surface area (Å²) in [6.45, 7) is 0. The summed E-state index contributed by atoms with van der Waals surface area (Å²) in [5.41, 5.74) is 1.18. The maximum Gasteiger partial charge on any atom is 0.288 e. The van der Waals surface area contributed by atoms with Gasteiger partial charge in [-0.3, -0.25) is 0 Å². The molecule has 1 N–H and O–H groups in total. The van der Waals surface area contributed by atoms with Crippen molar-refractivity contribution in [1.29, 1.82) is 0 Å². The summed E-state index contributed by atoms with van der Waals surface area (Å²) in [7, 11) is 0. The highest BCUT2D eigenvalue weighted by molar-refractivity contribution is 7.99. The third-order valence-corrected chi connectivity index (χ3v) is 4.69. The summed E-state index contributed by atoms with van der Waals surface area (Å²) in [4.78, 5) is 0.351. The first-order chi connectivity index (χ1) is 11.0. The second-order valence-corrected chi connectivity index (χ2v) is 6.50. The number of thioether (sulfide) groups is 1. The minimum absolute atomic E-state index is 0.0657. The lowest BCUT2D eigenvalue weighted by atomic mass is 10.1. The maximum atomic E-state index is 13.2. The van der Waals surface area contributed by atoms with E-state index in [0.717, 1.165) is 0 Å². The Balaban J connectivity index is 1.96. The van der Waals surface area contributed by atoms with Crippen molar-refractivity contribution in [2.75, 3.05) is 0 Å². The fourth-order valence-electron chi connectivity index (χ4n) is 2.63. The molecule has 1 aliphatic carbocycles. The molecule has 0 radical (unpaired) electrons. The zero-order valence-electron chi connectivity index (χ0n) is 11.7. The van der Waals surface area contributed by atoms with Crippen molar-refractivity contribution in [1.82, 2.24) is 0 Å². The number of hydrogen-bond donors (Lipinski definition) is 1. The molecule has 2 aromatic carbocycles. The Morgan fingerprint density at radius 2 is 2.04 bits per heavy atom. The summed E-state index contributed by atoms with van der Waals surface area (Å²) in [6, 6.07) is 7.05. The number of hydrogen-bond acceptors (Lipinski definition) is 3. The van der Waals surface area contributed by atoms with E-state index in [-0.39, 0.29) is 5.02 Å². The van der Waals surface area contributed by atoms with E-state index < -0.39 is 17.7 Å². The average Bonchev–Trinajstić information content (AvgIpc) is 2.88. The second-order valence-electron chi connectivity index (χ2n) is 5.07. The predicted molar refractivity (Wildman–Crippen MR) is 83.1 cm³/mol. The van der Waals surface area contributed by atoms with Crippen molar-refractivity contribution >= 4 is 23.4 Å². The molecular formula is C16H12ClF3O2S. The number of alkyl halides is 2. The molecule has 7 heteroatoms. The van der Waals surface area contributed by atoms with Crippen LogP contribution in [-0.4, -0.2) is 10.9 Å². The SMILES string of the molecule is OC1CCc2c(Oc3ccc(F)c(Cl)c3)ccc(SC(F)F)c21. The highest BCUT2D eigenvalue weighted by Crippen LogP contribution is 2.45. The third-order valence-electron chi connectivity index (χ3n) is 3.61. The Bertz CT molecular complexity index is 740. The summed E-state index contributed by atoms with van der Waals surface area (Å²) < 4.78 is 44.2. The molecule has 122 valence electrons. The molecule has 0 saturated heterocycles. The summed E-state index contributed by atoms with van der Waals surface area (Å²) in [5.74, 6) is -2.31. The van der Waals surface area contributed by atoms with Crippen molar-refractivity contribution in [3.8, 4) is 11.5 Å². The van der Waals surface area contributed by atoms with Crippen LogP contribution in [0.1, 0.15) is 23.7 Å². The Labute approximate surface area is 140 Å². The molecule has 2 aromatic rings. The number of fused-ring (bicyclic) bond motifs is 1. The van der Waals surface area contributed by atoms with Crippen LogP contribution in [0.4, 0.5) is 13.2 Å². The fraction of sp³-hybridized carbons (Fsp3) is 0.250. The van der Waals surface area contributed by atoms with Crippen LogP contribution in [0.2, 0.25) is 5.02 Å². The molecule has 3 rings (SSSR count). The highest BCUT2D eigenvalue weighted by Gasteiger charge is 2.28. The first-order valence-electron chi connectivity index (χ1n) is 6.87. The van der Waals surface area contributed by atoms with Crippen LogP contribution in [-0.2, 0) is 6.42 Å². The van der Waals surface area contributed by atoms with Crippen LogP contribution >= 0.6 is 23.4 Å². The minimum atomic E-state index is -2.56. The summed E-state index contributed by atoms with van der Waals surface area (Å²) >= 11 is 6.13. The predicted octanol–water partition coefficient (Wildman–Crippen LogP) is 5.57. The van der Waals surface area contributed by atoms with Gasteiger partial charge in [0.25, 0.3) is 5.76 Å². The van der Waals surface area contributed by atoms with Gasteiger partial charge >= 0.3 is 0 Å². The summed E-state index contributed by atoms with van der Waals surface area (Å²) in [6.07, 6.45) is 0.196. The van der Waals surface area contributed by atoms with Crippen molar-refractivity contribution in [3.05, 3.63) is 52.3 Å². The molecule has 0 aromatic heterocycles. The number of ether oxygens (including phenoxy) is 1. The number of aliphatic hydroxyl groups excluding tert-OH is 1. The van der Waals surface area contributed by atoms with Gasteiger partial charge in [0.2, 0.25) is 0 Å². The van der Waals surface area contributed by atoms with Crippen LogP contribution in [0.25, 0.3) is 0 Å².